The fourth-order valence-corrected chi connectivity index (χ4v) is 3.59. The van der Waals surface area contributed by atoms with Crippen molar-refractivity contribution in [1.82, 2.24) is 0 Å². The Morgan fingerprint density at radius 1 is 0.895 bits per heavy atom. The Bertz CT molecular complexity index is 1460. The highest BCUT2D eigenvalue weighted by Gasteiger charge is 2.29. The average molecular weight is 531 g/mol. The number of unbranched alkanes of at least 4 members (excludes halogenated alkanes) is 1. The van der Waals surface area contributed by atoms with Gasteiger partial charge < -0.3 is 15.1 Å². The van der Waals surface area contributed by atoms with Crippen molar-refractivity contribution < 1.29 is 27.2 Å². The summed E-state index contributed by atoms with van der Waals surface area (Å²) in [5.41, 5.74) is -3.73. The Morgan fingerprint density at radius 2 is 1.50 bits per heavy atom. The third-order valence-electron chi connectivity index (χ3n) is 6.03. The minimum Gasteiger partial charge on any atom is -0.453 e. The van der Waals surface area contributed by atoms with E-state index >= 15 is 8.78 Å². The van der Waals surface area contributed by atoms with E-state index in [9.17, 15) is 18.8 Å². The summed E-state index contributed by atoms with van der Waals surface area (Å²) in [4.78, 5) is 38.1. The second kappa shape index (κ2) is 10.6. The molecule has 2 amide bonds. The zero-order chi connectivity index (χ0) is 28.6. The van der Waals surface area contributed by atoms with Gasteiger partial charge >= 0.3 is 0 Å². The lowest BCUT2D eigenvalue weighted by Crippen LogP contribution is -2.29. The summed E-state index contributed by atoms with van der Waals surface area (Å²) >= 11 is 0. The number of halogens is 3. The zero-order valence-corrected chi connectivity index (χ0v) is 22.7. The lowest BCUT2D eigenvalue weighted by Gasteiger charge is -2.20. The SMILES string of the molecule is CCCCc1c(F)c(NC(=O)C(C)(C)C)c2c(=O)cc(-c3ccc(NC(=O)C(C)(C)C)c(F)c3)oc2c1F. The number of anilines is 2. The van der Waals surface area contributed by atoms with Crippen LogP contribution in [-0.4, -0.2) is 11.8 Å². The summed E-state index contributed by atoms with van der Waals surface area (Å²) in [6.45, 7) is 11.8. The quantitative estimate of drug-likeness (QED) is 0.353. The predicted molar refractivity (Wildman–Crippen MR) is 143 cm³/mol. The first kappa shape index (κ1) is 28.9. The maximum Gasteiger partial charge on any atom is 0.229 e. The van der Waals surface area contributed by atoms with Crippen molar-refractivity contribution in [2.75, 3.05) is 10.6 Å². The Balaban J connectivity index is 2.20. The molecule has 0 aliphatic carbocycles. The number of carbonyl (C=O) groups is 2. The van der Waals surface area contributed by atoms with Crippen LogP contribution in [0.4, 0.5) is 24.5 Å². The maximum absolute atomic E-state index is 15.6. The van der Waals surface area contributed by atoms with Crippen molar-refractivity contribution in [3.05, 3.63) is 57.5 Å². The Morgan fingerprint density at radius 3 is 2.05 bits per heavy atom. The summed E-state index contributed by atoms with van der Waals surface area (Å²) in [7, 11) is 0. The molecule has 0 saturated heterocycles. The number of amides is 2. The predicted octanol–water partition coefficient (Wildman–Crippen LogP) is 7.19. The van der Waals surface area contributed by atoms with Gasteiger partial charge in [-0.1, -0.05) is 54.9 Å². The van der Waals surface area contributed by atoms with Gasteiger partial charge in [0.25, 0.3) is 0 Å². The van der Waals surface area contributed by atoms with E-state index in [1.54, 1.807) is 41.5 Å². The molecule has 3 aromatic rings. The molecule has 0 aliphatic heterocycles. The molecule has 0 bridgehead atoms. The summed E-state index contributed by atoms with van der Waals surface area (Å²) in [5.74, 6) is -3.97. The van der Waals surface area contributed by atoms with Gasteiger partial charge in [0.05, 0.1) is 16.8 Å². The first-order chi connectivity index (χ1) is 17.6. The van der Waals surface area contributed by atoms with Crippen LogP contribution in [0.1, 0.15) is 66.9 Å². The molecule has 0 spiro atoms. The highest BCUT2D eigenvalue weighted by molar-refractivity contribution is 6.03. The van der Waals surface area contributed by atoms with Crippen LogP contribution in [0.15, 0.2) is 33.5 Å². The highest BCUT2D eigenvalue weighted by Crippen LogP contribution is 2.35. The Kier molecular flexibility index (Phi) is 8.10. The van der Waals surface area contributed by atoms with Crippen LogP contribution in [0.25, 0.3) is 22.3 Å². The number of nitrogens with one attached hydrogen (secondary N) is 2. The first-order valence-electron chi connectivity index (χ1n) is 12.5. The van der Waals surface area contributed by atoms with Gasteiger partial charge in [0.15, 0.2) is 22.6 Å². The third-order valence-corrected chi connectivity index (χ3v) is 6.03. The lowest BCUT2D eigenvalue weighted by molar-refractivity contribution is -0.123. The van der Waals surface area contributed by atoms with Gasteiger partial charge in [-0.25, -0.2) is 13.2 Å². The summed E-state index contributed by atoms with van der Waals surface area (Å²) in [5, 5.41) is 4.50. The van der Waals surface area contributed by atoms with E-state index in [2.05, 4.69) is 10.6 Å². The van der Waals surface area contributed by atoms with Crippen molar-refractivity contribution in [3.63, 3.8) is 0 Å². The Labute approximate surface area is 219 Å². The molecule has 2 aromatic carbocycles. The van der Waals surface area contributed by atoms with Crippen LogP contribution in [-0.2, 0) is 16.0 Å². The molecule has 1 aromatic heterocycles. The Hall–Kier alpha value is -3.62. The van der Waals surface area contributed by atoms with E-state index in [1.165, 1.54) is 12.1 Å². The monoisotopic (exact) mass is 530 g/mol. The van der Waals surface area contributed by atoms with Crippen LogP contribution in [0.5, 0.6) is 0 Å². The molecule has 1 heterocycles. The molecular weight excluding hydrogens is 497 g/mol. The van der Waals surface area contributed by atoms with Crippen LogP contribution in [0.3, 0.4) is 0 Å². The van der Waals surface area contributed by atoms with Gasteiger partial charge in [0, 0.05) is 28.0 Å². The molecule has 3 rings (SSSR count). The van der Waals surface area contributed by atoms with Crippen molar-refractivity contribution in [1.29, 1.82) is 0 Å². The largest absolute Gasteiger partial charge is 0.453 e. The first-order valence-corrected chi connectivity index (χ1v) is 12.5. The van der Waals surface area contributed by atoms with E-state index in [0.717, 1.165) is 12.1 Å². The van der Waals surface area contributed by atoms with Gasteiger partial charge in [-0.3, -0.25) is 14.4 Å². The molecule has 0 atom stereocenters. The molecule has 204 valence electrons. The molecule has 0 aliphatic rings. The fraction of sp³-hybridized carbons (Fsp3) is 0.414. The molecule has 2 N–H and O–H groups in total. The van der Waals surface area contributed by atoms with Gasteiger partial charge in [0.2, 0.25) is 11.8 Å². The smallest absolute Gasteiger partial charge is 0.229 e. The minimum absolute atomic E-state index is 0.0211. The summed E-state index contributed by atoms with van der Waals surface area (Å²) < 4.78 is 51.7. The second-order valence-electron chi connectivity index (χ2n) is 11.4. The number of carbonyl (C=O) groups excluding carboxylic acids is 2. The van der Waals surface area contributed by atoms with E-state index in [1.807, 2.05) is 6.92 Å². The van der Waals surface area contributed by atoms with Gasteiger partial charge in [0.1, 0.15) is 11.6 Å². The van der Waals surface area contributed by atoms with E-state index in [-0.39, 0.29) is 29.0 Å². The highest BCUT2D eigenvalue weighted by atomic mass is 19.1. The van der Waals surface area contributed by atoms with Crippen LogP contribution < -0.4 is 16.1 Å². The number of fused-ring (bicyclic) bond motifs is 1. The van der Waals surface area contributed by atoms with E-state index < -0.39 is 62.2 Å². The number of rotatable bonds is 6. The van der Waals surface area contributed by atoms with Crippen LogP contribution >= 0.6 is 0 Å². The van der Waals surface area contributed by atoms with Crippen molar-refractivity contribution >= 4 is 34.2 Å². The van der Waals surface area contributed by atoms with Gasteiger partial charge in [-0.15, -0.1) is 0 Å². The van der Waals surface area contributed by atoms with E-state index in [4.69, 9.17) is 4.42 Å². The summed E-state index contributed by atoms with van der Waals surface area (Å²) in [6.07, 6.45) is 1.14. The number of hydrogen-bond acceptors (Lipinski definition) is 4. The summed E-state index contributed by atoms with van der Waals surface area (Å²) in [6, 6.07) is 4.75. The fourth-order valence-electron chi connectivity index (χ4n) is 3.59. The second-order valence-corrected chi connectivity index (χ2v) is 11.4. The van der Waals surface area contributed by atoms with E-state index in [0.29, 0.717) is 12.8 Å². The maximum atomic E-state index is 15.6. The average Bonchev–Trinajstić information content (AvgIpc) is 2.81. The molecule has 0 radical (unpaired) electrons. The molecular formula is C29H33F3N2O4. The van der Waals surface area contributed by atoms with Crippen molar-refractivity contribution in [2.45, 2.75) is 67.7 Å². The topological polar surface area (TPSA) is 88.4 Å². The van der Waals surface area contributed by atoms with Crippen LogP contribution in [0, 0.1) is 28.3 Å². The number of benzene rings is 2. The molecule has 6 nitrogen and oxygen atoms in total. The lowest BCUT2D eigenvalue weighted by atomic mass is 9.95. The van der Waals surface area contributed by atoms with Gasteiger partial charge in [-0.05, 0) is 31.0 Å². The molecule has 0 unspecified atom stereocenters. The minimum atomic E-state index is -1.05. The molecule has 38 heavy (non-hydrogen) atoms. The third kappa shape index (κ3) is 5.92. The number of hydrogen-bond donors (Lipinski definition) is 2. The standard InChI is InChI=1S/C29H33F3N2O4/c1-8-9-10-16-22(31)24(34-27(37)29(5,6)7)21-19(35)14-20(38-25(21)23(16)32)15-11-12-18(17(30)13-15)33-26(36)28(2,3)4/h11-14H,8-10H2,1-7H3,(H,33,36)(H,34,37). The van der Waals surface area contributed by atoms with Crippen molar-refractivity contribution in [2.24, 2.45) is 10.8 Å². The van der Waals surface area contributed by atoms with Gasteiger partial charge in [-0.2, -0.15) is 0 Å². The van der Waals surface area contributed by atoms with Crippen LogP contribution in [0.2, 0.25) is 0 Å². The molecule has 0 fully saturated rings. The zero-order valence-electron chi connectivity index (χ0n) is 22.7. The molecule has 0 saturated carbocycles. The normalized spacial score (nSPS) is 12.1. The molecule has 9 heteroatoms. The van der Waals surface area contributed by atoms with Crippen molar-refractivity contribution in [3.8, 4) is 11.3 Å².